The van der Waals surface area contributed by atoms with Crippen molar-refractivity contribution in [2.75, 3.05) is 6.61 Å². The first-order chi connectivity index (χ1) is 12.5. The van der Waals surface area contributed by atoms with E-state index in [2.05, 4.69) is 17.2 Å². The molecule has 1 aromatic rings. The van der Waals surface area contributed by atoms with Crippen molar-refractivity contribution >= 4 is 11.8 Å². The van der Waals surface area contributed by atoms with E-state index in [0.29, 0.717) is 0 Å². The second kappa shape index (κ2) is 8.17. The van der Waals surface area contributed by atoms with E-state index < -0.39 is 53.1 Å². The highest BCUT2D eigenvalue weighted by Crippen LogP contribution is 2.13. The Morgan fingerprint density at radius 3 is 2.52 bits per heavy atom. The molecule has 0 heterocycles. The molecule has 0 unspecified atom stereocenters. The number of hydroxylamine groups is 1. The third-order valence-electron chi connectivity index (χ3n) is 2.69. The van der Waals surface area contributed by atoms with Crippen molar-refractivity contribution in [3.8, 4) is 17.6 Å². The number of carbonyl (C=O) groups is 2. The molecule has 0 fully saturated rings. The van der Waals surface area contributed by atoms with Crippen molar-refractivity contribution in [1.82, 2.24) is 10.8 Å². The summed E-state index contributed by atoms with van der Waals surface area (Å²) in [6.45, 7) is 4.28. The molecule has 124 valence electrons. The summed E-state index contributed by atoms with van der Waals surface area (Å²) in [5.74, 6) is 2.74. The lowest BCUT2D eigenvalue weighted by atomic mass is 9.95. The van der Waals surface area contributed by atoms with Gasteiger partial charge in [0.05, 0.1) is 5.48 Å². The molecule has 0 saturated heterocycles. The Hall–Kier alpha value is -2.56. The first-order valence-corrected chi connectivity index (χ1v) is 6.63. The first-order valence-electron chi connectivity index (χ1n) is 8.63. The molecule has 7 nitrogen and oxygen atoms in total. The standard InChI is InChI=1S/C16H21N3O4/c1-4-5-10-23-12-8-6-11(7-9-12)14(20)18-13(15(21)19-22)16(2,3)17/h6-9,13,22H,10,17H2,1-3H3,(H,18,20)(H,19,21)/t13-/m1/s1/i6D,7D,8D,9D. The molecule has 0 aromatic heterocycles. The van der Waals surface area contributed by atoms with Gasteiger partial charge in [-0.1, -0.05) is 5.92 Å². The largest absolute Gasteiger partial charge is 0.481 e. The maximum Gasteiger partial charge on any atom is 0.267 e. The number of carbonyl (C=O) groups excluding carboxylic acids is 2. The van der Waals surface area contributed by atoms with Gasteiger partial charge in [-0.05, 0) is 44.9 Å². The van der Waals surface area contributed by atoms with Crippen LogP contribution in [0, 0.1) is 11.8 Å². The summed E-state index contributed by atoms with van der Waals surface area (Å²) in [6.07, 6.45) is 0. The van der Waals surface area contributed by atoms with Crippen LogP contribution in [-0.4, -0.2) is 35.2 Å². The predicted molar refractivity (Wildman–Crippen MR) is 84.8 cm³/mol. The van der Waals surface area contributed by atoms with Crippen LogP contribution in [0.5, 0.6) is 5.75 Å². The third kappa shape index (κ3) is 5.62. The molecule has 1 aromatic carbocycles. The van der Waals surface area contributed by atoms with Crippen molar-refractivity contribution in [1.29, 1.82) is 0 Å². The fourth-order valence-corrected chi connectivity index (χ4v) is 1.52. The number of benzene rings is 1. The highest BCUT2D eigenvalue weighted by molar-refractivity contribution is 5.97. The van der Waals surface area contributed by atoms with Gasteiger partial charge in [0.25, 0.3) is 11.8 Å². The van der Waals surface area contributed by atoms with Crippen LogP contribution in [0.2, 0.25) is 0 Å². The first kappa shape index (κ1) is 12.9. The number of nitrogens with one attached hydrogen (secondary N) is 2. The Morgan fingerprint density at radius 2 is 2.04 bits per heavy atom. The summed E-state index contributed by atoms with van der Waals surface area (Å²) < 4.78 is 37.0. The van der Waals surface area contributed by atoms with Crippen molar-refractivity contribution in [3.63, 3.8) is 0 Å². The number of nitrogens with two attached hydrogens (primary N) is 1. The number of rotatable bonds is 6. The number of hydrogen-bond acceptors (Lipinski definition) is 5. The third-order valence-corrected chi connectivity index (χ3v) is 2.69. The van der Waals surface area contributed by atoms with E-state index in [9.17, 15) is 9.59 Å². The van der Waals surface area contributed by atoms with Crippen LogP contribution in [0.4, 0.5) is 0 Å². The van der Waals surface area contributed by atoms with Crippen LogP contribution >= 0.6 is 0 Å². The van der Waals surface area contributed by atoms with Gasteiger partial charge < -0.3 is 15.8 Å². The van der Waals surface area contributed by atoms with Crippen molar-refractivity contribution in [2.24, 2.45) is 5.73 Å². The SMILES string of the molecule is [2H]c1c([2H])c(C(=O)N[C@H](C(=O)NO)C(C)(C)N)c([2H])c([2H])c1OCC#CC. The van der Waals surface area contributed by atoms with E-state index in [1.54, 1.807) is 6.92 Å². The van der Waals surface area contributed by atoms with Gasteiger partial charge in [-0.15, -0.1) is 5.92 Å². The maximum atomic E-state index is 12.5. The highest BCUT2D eigenvalue weighted by atomic mass is 16.5. The molecule has 0 radical (unpaired) electrons. The molecular weight excluding hydrogens is 298 g/mol. The second-order valence-electron chi connectivity index (χ2n) is 5.12. The van der Waals surface area contributed by atoms with Gasteiger partial charge >= 0.3 is 0 Å². The Bertz CT molecular complexity index is 784. The highest BCUT2D eigenvalue weighted by Gasteiger charge is 2.33. The lowest BCUT2D eigenvalue weighted by molar-refractivity contribution is -0.132. The zero-order chi connectivity index (χ0) is 20.9. The maximum absolute atomic E-state index is 12.5. The van der Waals surface area contributed by atoms with Gasteiger partial charge in [0.2, 0.25) is 0 Å². The van der Waals surface area contributed by atoms with Crippen LogP contribution in [0.25, 0.3) is 0 Å². The fraction of sp³-hybridized carbons (Fsp3) is 0.375. The molecule has 0 aliphatic rings. The lowest BCUT2D eigenvalue weighted by Gasteiger charge is -2.29. The Labute approximate surface area is 140 Å². The quantitative estimate of drug-likeness (QED) is 0.344. The van der Waals surface area contributed by atoms with Crippen LogP contribution in [-0.2, 0) is 4.79 Å². The normalized spacial score (nSPS) is 14.1. The van der Waals surface area contributed by atoms with Crippen LogP contribution in [0.1, 0.15) is 36.6 Å². The van der Waals surface area contributed by atoms with Crippen LogP contribution in [0.3, 0.4) is 0 Å². The molecule has 1 atom stereocenters. The zero-order valence-electron chi connectivity index (χ0n) is 17.0. The average molecular weight is 323 g/mol. The van der Waals surface area contributed by atoms with Gasteiger partial charge in [-0.25, -0.2) is 5.48 Å². The molecule has 5 N–H and O–H groups in total. The number of amides is 2. The summed E-state index contributed by atoms with van der Waals surface area (Å²) in [5.41, 5.74) is 5.33. The topological polar surface area (TPSA) is 114 Å². The minimum absolute atomic E-state index is 0.140. The second-order valence-corrected chi connectivity index (χ2v) is 5.12. The van der Waals surface area contributed by atoms with E-state index in [-0.39, 0.29) is 12.4 Å². The Morgan fingerprint density at radius 1 is 1.43 bits per heavy atom. The summed E-state index contributed by atoms with van der Waals surface area (Å²) in [7, 11) is 0. The zero-order valence-corrected chi connectivity index (χ0v) is 13.0. The molecule has 2 amide bonds. The number of ether oxygens (including phenoxy) is 1. The van der Waals surface area contributed by atoms with E-state index in [1.807, 2.05) is 0 Å². The van der Waals surface area contributed by atoms with Crippen LogP contribution in [0.15, 0.2) is 24.2 Å². The van der Waals surface area contributed by atoms with Gasteiger partial charge in [0.15, 0.2) is 0 Å². The predicted octanol–water partition coefficient (Wildman–Crippen LogP) is 0.430. The van der Waals surface area contributed by atoms with Crippen molar-refractivity contribution in [2.45, 2.75) is 32.4 Å². The fourth-order valence-electron chi connectivity index (χ4n) is 1.52. The summed E-state index contributed by atoms with van der Waals surface area (Å²) in [4.78, 5) is 24.3. The molecule has 0 spiro atoms. The molecule has 23 heavy (non-hydrogen) atoms. The Balaban J connectivity index is 3.35. The summed E-state index contributed by atoms with van der Waals surface area (Å²) >= 11 is 0. The van der Waals surface area contributed by atoms with E-state index in [0.717, 1.165) is 0 Å². The van der Waals surface area contributed by atoms with Gasteiger partial charge in [0, 0.05) is 11.1 Å². The molecule has 0 bridgehead atoms. The minimum Gasteiger partial charge on any atom is -0.481 e. The summed E-state index contributed by atoms with van der Waals surface area (Å²) in [6, 6.07) is -3.81. The monoisotopic (exact) mass is 323 g/mol. The molecular formula is C16H21N3O4. The van der Waals surface area contributed by atoms with Crippen molar-refractivity contribution in [3.05, 3.63) is 29.7 Å². The minimum atomic E-state index is -1.40. The smallest absolute Gasteiger partial charge is 0.267 e. The van der Waals surface area contributed by atoms with Gasteiger partial charge in [-0.3, -0.25) is 14.8 Å². The molecule has 1 rings (SSSR count). The van der Waals surface area contributed by atoms with Gasteiger partial charge in [-0.2, -0.15) is 0 Å². The number of hydrogen-bond donors (Lipinski definition) is 4. The molecule has 0 aliphatic carbocycles. The molecule has 0 saturated carbocycles. The lowest BCUT2D eigenvalue weighted by Crippen LogP contribution is -2.61. The molecule has 0 aliphatic heterocycles. The van der Waals surface area contributed by atoms with Crippen LogP contribution < -0.4 is 21.3 Å². The van der Waals surface area contributed by atoms with E-state index in [4.69, 9.17) is 21.2 Å². The molecule has 7 heteroatoms. The van der Waals surface area contributed by atoms with Crippen molar-refractivity contribution < 1.29 is 25.0 Å². The average Bonchev–Trinajstić information content (AvgIpc) is 2.59. The van der Waals surface area contributed by atoms with Gasteiger partial charge in [0.1, 0.15) is 18.4 Å². The van der Waals surface area contributed by atoms with E-state index in [1.165, 1.54) is 19.3 Å². The summed E-state index contributed by atoms with van der Waals surface area (Å²) in [5, 5.41) is 11.0. The Kier molecular flexibility index (Phi) is 4.60. The van der Waals surface area contributed by atoms with E-state index >= 15 is 0 Å².